The van der Waals surface area contributed by atoms with E-state index in [-0.39, 0.29) is 11.6 Å². The van der Waals surface area contributed by atoms with E-state index in [9.17, 15) is 8.78 Å². The molecular weight excluding hydrogens is 479 g/mol. The minimum atomic E-state index is -1.73. The SMILES string of the molecule is C[Si](C)(C)C#Cc1c2ccc3ccc(F)cc3c2c(C#C[Si](C)(C)C)c2ccc3ccc(F)cc3c12. The Hall–Kier alpha value is -3.45. The largest absolute Gasteiger partial charge is 0.207 e. The lowest BCUT2D eigenvalue weighted by atomic mass is 9.87. The van der Waals surface area contributed by atoms with Crippen LogP contribution in [0.2, 0.25) is 39.3 Å². The van der Waals surface area contributed by atoms with Gasteiger partial charge in [-0.05, 0) is 56.6 Å². The zero-order valence-corrected chi connectivity index (χ0v) is 23.5. The van der Waals surface area contributed by atoms with Gasteiger partial charge in [0.2, 0.25) is 0 Å². The zero-order chi connectivity index (χ0) is 25.8. The summed E-state index contributed by atoms with van der Waals surface area (Å²) in [6.45, 7) is 13.3. The van der Waals surface area contributed by atoms with Crippen LogP contribution in [0.15, 0.2) is 60.7 Å². The summed E-state index contributed by atoms with van der Waals surface area (Å²) in [7, 11) is -3.45. The molecule has 36 heavy (non-hydrogen) atoms. The molecule has 0 aliphatic carbocycles. The summed E-state index contributed by atoms with van der Waals surface area (Å²) in [5.41, 5.74) is 8.79. The van der Waals surface area contributed by atoms with Gasteiger partial charge < -0.3 is 0 Å². The molecule has 0 unspecified atom stereocenters. The second-order valence-electron chi connectivity index (χ2n) is 11.5. The molecule has 0 heterocycles. The Labute approximate surface area is 213 Å². The lowest BCUT2D eigenvalue weighted by Gasteiger charge is -2.16. The summed E-state index contributed by atoms with van der Waals surface area (Å²) in [4.78, 5) is 0. The number of hydrogen-bond donors (Lipinski definition) is 0. The van der Waals surface area contributed by atoms with Crippen LogP contribution in [0.1, 0.15) is 11.1 Å². The van der Waals surface area contributed by atoms with Crippen molar-refractivity contribution < 1.29 is 8.78 Å². The molecule has 0 aliphatic heterocycles. The first kappa shape index (κ1) is 24.3. The summed E-state index contributed by atoms with van der Waals surface area (Å²) in [6.07, 6.45) is 0. The summed E-state index contributed by atoms with van der Waals surface area (Å²) in [5.74, 6) is 6.47. The first-order valence-corrected chi connectivity index (χ1v) is 19.2. The first-order chi connectivity index (χ1) is 16.9. The Morgan fingerprint density at radius 2 is 0.861 bits per heavy atom. The number of fused-ring (bicyclic) bond motifs is 6. The molecule has 0 nitrogen and oxygen atoms in total. The van der Waals surface area contributed by atoms with Crippen LogP contribution in [-0.2, 0) is 0 Å². The van der Waals surface area contributed by atoms with Crippen molar-refractivity contribution in [2.24, 2.45) is 0 Å². The Bertz CT molecular complexity index is 1690. The lowest BCUT2D eigenvalue weighted by Crippen LogP contribution is -2.16. The van der Waals surface area contributed by atoms with E-state index in [1.807, 2.05) is 24.3 Å². The van der Waals surface area contributed by atoms with Gasteiger partial charge >= 0.3 is 0 Å². The molecule has 0 atom stereocenters. The molecule has 0 N–H and O–H groups in total. The Morgan fingerprint density at radius 3 is 1.22 bits per heavy atom. The third-order valence-electron chi connectivity index (χ3n) is 6.13. The average molecular weight is 507 g/mol. The predicted molar refractivity (Wildman–Crippen MR) is 157 cm³/mol. The van der Waals surface area contributed by atoms with Gasteiger partial charge in [-0.2, -0.15) is 0 Å². The van der Waals surface area contributed by atoms with E-state index in [1.165, 1.54) is 12.1 Å². The van der Waals surface area contributed by atoms with Crippen molar-refractivity contribution >= 4 is 59.2 Å². The van der Waals surface area contributed by atoms with Crippen LogP contribution in [0.4, 0.5) is 8.78 Å². The molecule has 0 saturated carbocycles. The fourth-order valence-corrected chi connectivity index (χ4v) is 5.57. The molecule has 0 bridgehead atoms. The Balaban J connectivity index is 2.14. The van der Waals surface area contributed by atoms with Crippen molar-refractivity contribution in [1.29, 1.82) is 0 Å². The van der Waals surface area contributed by atoms with E-state index < -0.39 is 16.1 Å². The molecule has 0 amide bonds. The van der Waals surface area contributed by atoms with E-state index in [1.54, 1.807) is 12.1 Å². The van der Waals surface area contributed by atoms with Gasteiger partial charge in [-0.1, -0.05) is 87.5 Å². The molecular formula is C32H28F2Si2. The number of hydrogen-bond acceptors (Lipinski definition) is 0. The van der Waals surface area contributed by atoms with Gasteiger partial charge in [-0.25, -0.2) is 8.78 Å². The maximum Gasteiger partial charge on any atom is 0.129 e. The van der Waals surface area contributed by atoms with Crippen molar-refractivity contribution in [2.45, 2.75) is 39.3 Å². The van der Waals surface area contributed by atoms with Crippen molar-refractivity contribution in [3.05, 3.63) is 83.4 Å². The summed E-state index contributed by atoms with van der Waals surface area (Å²) in [5, 5.41) is 7.26. The van der Waals surface area contributed by atoms with Gasteiger partial charge in [0.1, 0.15) is 27.8 Å². The zero-order valence-electron chi connectivity index (χ0n) is 21.5. The highest BCUT2D eigenvalue weighted by Gasteiger charge is 2.19. The highest BCUT2D eigenvalue weighted by molar-refractivity contribution is 6.84. The monoisotopic (exact) mass is 506 g/mol. The third-order valence-corrected chi connectivity index (χ3v) is 7.88. The van der Waals surface area contributed by atoms with Crippen molar-refractivity contribution in [3.63, 3.8) is 0 Å². The molecule has 0 fully saturated rings. The van der Waals surface area contributed by atoms with E-state index in [0.29, 0.717) is 0 Å². The van der Waals surface area contributed by atoms with Crippen LogP contribution < -0.4 is 0 Å². The molecule has 5 aromatic rings. The maximum absolute atomic E-state index is 14.5. The fourth-order valence-electron chi connectivity index (χ4n) is 4.57. The van der Waals surface area contributed by atoms with Crippen LogP contribution in [0, 0.1) is 34.6 Å². The average Bonchev–Trinajstić information content (AvgIpc) is 2.79. The van der Waals surface area contributed by atoms with Crippen LogP contribution in [0.5, 0.6) is 0 Å². The molecule has 178 valence electrons. The second kappa shape index (κ2) is 8.59. The Kier molecular flexibility index (Phi) is 5.79. The van der Waals surface area contributed by atoms with Crippen molar-refractivity contribution in [2.75, 3.05) is 0 Å². The number of benzene rings is 5. The smallest absolute Gasteiger partial charge is 0.129 e. The minimum Gasteiger partial charge on any atom is -0.207 e. The van der Waals surface area contributed by atoms with Crippen molar-refractivity contribution in [1.82, 2.24) is 0 Å². The van der Waals surface area contributed by atoms with E-state index in [0.717, 1.165) is 54.2 Å². The summed E-state index contributed by atoms with van der Waals surface area (Å²) >= 11 is 0. The van der Waals surface area contributed by atoms with Crippen LogP contribution in [0.25, 0.3) is 43.1 Å². The number of rotatable bonds is 0. The van der Waals surface area contributed by atoms with Gasteiger partial charge in [0, 0.05) is 21.9 Å². The normalized spacial score (nSPS) is 12.0. The lowest BCUT2D eigenvalue weighted by molar-refractivity contribution is 0.629. The first-order valence-electron chi connectivity index (χ1n) is 12.2. The summed E-state index contributed by atoms with van der Waals surface area (Å²) in [6, 6.07) is 18.0. The van der Waals surface area contributed by atoms with Gasteiger partial charge in [0.25, 0.3) is 0 Å². The molecule has 0 aromatic heterocycles. The minimum absolute atomic E-state index is 0.283. The standard InChI is InChI=1S/C32H28F2Si2/c1-35(2,3)17-15-27-25-13-9-22-8-12-24(34)20-30(22)32(25)28(16-18-36(4,5)6)26-14-10-21-7-11-23(33)19-29(21)31(26)27/h7-14,19-20H,1-6H3. The molecule has 4 heteroatoms. The quantitative estimate of drug-likeness (QED) is 0.0850. The second-order valence-corrected chi connectivity index (χ2v) is 21.0. The van der Waals surface area contributed by atoms with Gasteiger partial charge in [-0.3, -0.25) is 0 Å². The number of halogens is 2. The van der Waals surface area contributed by atoms with E-state index >= 15 is 0 Å². The molecule has 5 aromatic carbocycles. The van der Waals surface area contributed by atoms with Gasteiger partial charge in [0.15, 0.2) is 0 Å². The highest BCUT2D eigenvalue weighted by atomic mass is 28.3. The molecule has 0 saturated heterocycles. The van der Waals surface area contributed by atoms with Gasteiger partial charge in [-0.15, -0.1) is 11.1 Å². The maximum atomic E-state index is 14.5. The van der Waals surface area contributed by atoms with E-state index in [4.69, 9.17) is 0 Å². The topological polar surface area (TPSA) is 0 Å². The van der Waals surface area contributed by atoms with Crippen LogP contribution in [0.3, 0.4) is 0 Å². The molecule has 0 radical (unpaired) electrons. The summed E-state index contributed by atoms with van der Waals surface area (Å²) < 4.78 is 29.1. The van der Waals surface area contributed by atoms with Crippen LogP contribution in [-0.4, -0.2) is 16.1 Å². The Morgan fingerprint density at radius 1 is 0.500 bits per heavy atom. The predicted octanol–water partition coefficient (Wildman–Crippen LogP) is 9.04. The van der Waals surface area contributed by atoms with Crippen LogP contribution >= 0.6 is 0 Å². The van der Waals surface area contributed by atoms with E-state index in [2.05, 4.69) is 74.3 Å². The van der Waals surface area contributed by atoms with Crippen molar-refractivity contribution in [3.8, 4) is 22.9 Å². The highest BCUT2D eigenvalue weighted by Crippen LogP contribution is 2.40. The molecule has 5 rings (SSSR count). The van der Waals surface area contributed by atoms with Gasteiger partial charge in [0.05, 0.1) is 0 Å². The molecule has 0 spiro atoms. The molecule has 0 aliphatic rings. The fraction of sp³-hybridized carbons (Fsp3) is 0.188. The third kappa shape index (κ3) is 4.55.